The molecule has 2 aromatic heterocycles. The van der Waals surface area contributed by atoms with Gasteiger partial charge < -0.3 is 14.5 Å². The number of hydrogen-bond donors (Lipinski definition) is 1. The Morgan fingerprint density at radius 2 is 2.03 bits per heavy atom. The second-order valence-corrected chi connectivity index (χ2v) is 8.02. The topological polar surface area (TPSA) is 82.0 Å². The van der Waals surface area contributed by atoms with Gasteiger partial charge in [0, 0.05) is 19.0 Å². The minimum absolute atomic E-state index is 0.144. The molecule has 1 aliphatic carbocycles. The van der Waals surface area contributed by atoms with Gasteiger partial charge in [0.1, 0.15) is 22.7 Å². The largest absolute Gasteiger partial charge is 0.496 e. The summed E-state index contributed by atoms with van der Waals surface area (Å²) in [5.74, 6) is 2.17. The van der Waals surface area contributed by atoms with Crippen molar-refractivity contribution >= 4 is 11.0 Å². The average molecular weight is 411 g/mol. The van der Waals surface area contributed by atoms with Crippen molar-refractivity contribution < 1.29 is 9.47 Å². The van der Waals surface area contributed by atoms with Gasteiger partial charge in [-0.05, 0) is 31.4 Å². The summed E-state index contributed by atoms with van der Waals surface area (Å²) >= 11 is 0. The van der Waals surface area contributed by atoms with E-state index in [0.717, 1.165) is 42.7 Å². The molecule has 0 unspecified atom stereocenters. The Morgan fingerprint density at radius 1 is 1.23 bits per heavy atom. The Hall–Kier alpha value is -2.83. The minimum Gasteiger partial charge on any atom is -0.496 e. The fourth-order valence-electron chi connectivity index (χ4n) is 4.27. The van der Waals surface area contributed by atoms with Crippen molar-refractivity contribution in [3.8, 4) is 22.9 Å². The molecule has 0 amide bonds. The molecule has 0 saturated heterocycles. The number of nitrogens with one attached hydrogen (secondary N) is 1. The fraction of sp³-hybridized carbons (Fsp3) is 0.522. The number of methoxy groups -OCH3 is 1. The molecule has 0 atom stereocenters. The lowest BCUT2D eigenvalue weighted by atomic mass is 9.86. The number of nitrogens with zero attached hydrogens (tertiary/aromatic N) is 3. The van der Waals surface area contributed by atoms with Gasteiger partial charge >= 0.3 is 0 Å². The highest BCUT2D eigenvalue weighted by molar-refractivity contribution is 5.80. The van der Waals surface area contributed by atoms with Crippen LogP contribution in [-0.4, -0.2) is 33.5 Å². The van der Waals surface area contributed by atoms with Crippen LogP contribution in [0.3, 0.4) is 0 Å². The molecular weight excluding hydrogens is 380 g/mol. The van der Waals surface area contributed by atoms with Gasteiger partial charge in [-0.15, -0.1) is 0 Å². The molecule has 1 fully saturated rings. The highest BCUT2D eigenvalue weighted by atomic mass is 16.5. The lowest BCUT2D eigenvalue weighted by molar-refractivity contribution is 0.307. The zero-order valence-corrected chi connectivity index (χ0v) is 18.0. The van der Waals surface area contributed by atoms with Gasteiger partial charge in [-0.2, -0.15) is 5.10 Å². The van der Waals surface area contributed by atoms with Crippen LogP contribution in [0.2, 0.25) is 0 Å². The molecule has 1 aliphatic rings. The van der Waals surface area contributed by atoms with Crippen LogP contribution in [0.15, 0.2) is 23.0 Å². The number of aryl methyl sites for hydroxylation is 1. The maximum atomic E-state index is 13.1. The molecule has 1 saturated carbocycles. The van der Waals surface area contributed by atoms with E-state index in [1.165, 1.54) is 19.3 Å². The Labute approximate surface area is 176 Å². The smallest absolute Gasteiger partial charge is 0.262 e. The Bertz CT molecular complexity index is 1080. The van der Waals surface area contributed by atoms with E-state index in [4.69, 9.17) is 19.6 Å². The van der Waals surface area contributed by atoms with E-state index in [9.17, 15) is 4.79 Å². The highest BCUT2D eigenvalue weighted by Gasteiger charge is 2.25. The molecule has 2 heterocycles. The van der Waals surface area contributed by atoms with E-state index >= 15 is 0 Å². The summed E-state index contributed by atoms with van der Waals surface area (Å²) in [6.45, 7) is 2.79. The normalized spacial score (nSPS) is 14.9. The number of benzene rings is 1. The van der Waals surface area contributed by atoms with Gasteiger partial charge in [-0.3, -0.25) is 4.79 Å². The summed E-state index contributed by atoms with van der Waals surface area (Å²) in [6, 6.07) is 5.60. The van der Waals surface area contributed by atoms with Crippen LogP contribution in [0.1, 0.15) is 63.5 Å². The molecule has 1 N–H and O–H groups in total. The first-order valence-corrected chi connectivity index (χ1v) is 10.9. The number of ether oxygens (including phenoxy) is 2. The second kappa shape index (κ2) is 8.90. The summed E-state index contributed by atoms with van der Waals surface area (Å²) in [7, 11) is 3.46. The van der Waals surface area contributed by atoms with E-state index in [0.29, 0.717) is 35.1 Å². The molecule has 1 aromatic carbocycles. The van der Waals surface area contributed by atoms with Crippen molar-refractivity contribution in [2.45, 2.75) is 57.8 Å². The SMILES string of the molecule is CCCCOc1ccc(-c2nc3c(c(C4CCCCC4)nn3C)c(=O)[nH]2)c(OC)c1. The number of rotatable bonds is 7. The van der Waals surface area contributed by atoms with E-state index in [1.54, 1.807) is 11.8 Å². The average Bonchev–Trinajstić information content (AvgIpc) is 3.11. The van der Waals surface area contributed by atoms with Crippen LogP contribution in [0.4, 0.5) is 0 Å². The fourth-order valence-corrected chi connectivity index (χ4v) is 4.27. The second-order valence-electron chi connectivity index (χ2n) is 8.02. The first kappa shape index (κ1) is 20.4. The van der Waals surface area contributed by atoms with Gasteiger partial charge in [0.05, 0.1) is 25.0 Å². The van der Waals surface area contributed by atoms with Gasteiger partial charge in [-0.25, -0.2) is 9.67 Å². The Balaban J connectivity index is 1.73. The first-order valence-electron chi connectivity index (χ1n) is 10.9. The standard InChI is InChI=1S/C23H30N4O3/c1-4-5-13-30-16-11-12-17(18(14-16)29-3)21-24-22-19(23(28)25-21)20(26-27(22)2)15-9-7-6-8-10-15/h11-12,14-15H,4-10,13H2,1-3H3,(H,24,25,28). The molecule has 7 heteroatoms. The molecular formula is C23H30N4O3. The number of aromatic nitrogens is 4. The predicted octanol–water partition coefficient (Wildman–Crippen LogP) is 4.56. The van der Waals surface area contributed by atoms with Crippen LogP contribution in [0.5, 0.6) is 11.5 Å². The third-order valence-electron chi connectivity index (χ3n) is 5.91. The van der Waals surface area contributed by atoms with E-state index in [-0.39, 0.29) is 5.56 Å². The van der Waals surface area contributed by atoms with Crippen molar-refractivity contribution in [3.63, 3.8) is 0 Å². The molecule has 7 nitrogen and oxygen atoms in total. The number of H-pyrrole nitrogens is 1. The first-order chi connectivity index (χ1) is 14.6. The number of fused-ring (bicyclic) bond motifs is 1. The van der Waals surface area contributed by atoms with E-state index < -0.39 is 0 Å². The van der Waals surface area contributed by atoms with Crippen LogP contribution < -0.4 is 15.0 Å². The number of aromatic amines is 1. The van der Waals surface area contributed by atoms with Crippen molar-refractivity contribution in [2.24, 2.45) is 7.05 Å². The summed E-state index contributed by atoms with van der Waals surface area (Å²) in [4.78, 5) is 20.8. The van der Waals surface area contributed by atoms with E-state index in [1.807, 2.05) is 25.2 Å². The maximum absolute atomic E-state index is 13.1. The molecule has 3 aromatic rings. The predicted molar refractivity (Wildman–Crippen MR) is 117 cm³/mol. The zero-order chi connectivity index (χ0) is 21.1. The van der Waals surface area contributed by atoms with Crippen LogP contribution in [0, 0.1) is 0 Å². The molecule has 0 aliphatic heterocycles. The number of unbranched alkanes of at least 4 members (excludes halogenated alkanes) is 1. The lowest BCUT2D eigenvalue weighted by Gasteiger charge is -2.19. The summed E-state index contributed by atoms with van der Waals surface area (Å²) < 4.78 is 13.1. The van der Waals surface area contributed by atoms with Crippen molar-refractivity contribution in [1.29, 1.82) is 0 Å². The summed E-state index contributed by atoms with van der Waals surface area (Å²) in [5, 5.41) is 5.31. The molecule has 4 rings (SSSR count). The lowest BCUT2D eigenvalue weighted by Crippen LogP contribution is -2.13. The minimum atomic E-state index is -0.144. The van der Waals surface area contributed by atoms with Gasteiger partial charge in [0.25, 0.3) is 5.56 Å². The van der Waals surface area contributed by atoms with Crippen molar-refractivity contribution in [2.75, 3.05) is 13.7 Å². The summed E-state index contributed by atoms with van der Waals surface area (Å²) in [6.07, 6.45) is 7.89. The van der Waals surface area contributed by atoms with Gasteiger partial charge in [0.15, 0.2) is 5.65 Å². The summed E-state index contributed by atoms with van der Waals surface area (Å²) in [5.41, 5.74) is 2.08. The molecule has 0 bridgehead atoms. The highest BCUT2D eigenvalue weighted by Crippen LogP contribution is 2.35. The molecule has 0 spiro atoms. The van der Waals surface area contributed by atoms with Gasteiger partial charge in [-0.1, -0.05) is 32.6 Å². The maximum Gasteiger partial charge on any atom is 0.262 e. The van der Waals surface area contributed by atoms with Crippen molar-refractivity contribution in [3.05, 3.63) is 34.2 Å². The van der Waals surface area contributed by atoms with Crippen LogP contribution in [-0.2, 0) is 7.05 Å². The van der Waals surface area contributed by atoms with Crippen LogP contribution in [0.25, 0.3) is 22.4 Å². The molecule has 0 radical (unpaired) electrons. The Kier molecular flexibility index (Phi) is 6.06. The molecule has 160 valence electrons. The molecule has 30 heavy (non-hydrogen) atoms. The Morgan fingerprint density at radius 3 is 2.77 bits per heavy atom. The van der Waals surface area contributed by atoms with E-state index in [2.05, 4.69) is 11.9 Å². The monoisotopic (exact) mass is 410 g/mol. The quantitative estimate of drug-likeness (QED) is 0.578. The number of hydrogen-bond acceptors (Lipinski definition) is 5. The zero-order valence-electron chi connectivity index (χ0n) is 18.0. The third kappa shape index (κ3) is 3.93. The van der Waals surface area contributed by atoms with Gasteiger partial charge in [0.2, 0.25) is 0 Å². The third-order valence-corrected chi connectivity index (χ3v) is 5.91. The van der Waals surface area contributed by atoms with Crippen LogP contribution >= 0.6 is 0 Å². The van der Waals surface area contributed by atoms with Crippen molar-refractivity contribution in [1.82, 2.24) is 19.7 Å².